The smallest absolute Gasteiger partial charge is 0.254 e. The first-order chi connectivity index (χ1) is 14.9. The minimum absolute atomic E-state index is 0.00753. The number of piperazine rings is 1. The number of carbonyl (C=O) groups is 1. The first-order valence-electron chi connectivity index (χ1n) is 10.5. The molecule has 0 radical (unpaired) electrons. The van der Waals surface area contributed by atoms with E-state index < -0.39 is 10.0 Å². The number of nitrogens with zero attached hydrogens (tertiary/aromatic N) is 3. The molecule has 0 bridgehead atoms. The number of amides is 1. The zero-order chi connectivity index (χ0) is 22.0. The molecule has 9 heteroatoms. The van der Waals surface area contributed by atoms with Crippen molar-refractivity contribution in [2.75, 3.05) is 44.2 Å². The van der Waals surface area contributed by atoms with Crippen molar-refractivity contribution in [3.63, 3.8) is 0 Å². The van der Waals surface area contributed by atoms with Gasteiger partial charge in [0.05, 0.1) is 5.02 Å². The first-order valence-corrected chi connectivity index (χ1v) is 12.3. The highest BCUT2D eigenvalue weighted by atomic mass is 35.5. The molecule has 2 aromatic carbocycles. The third-order valence-electron chi connectivity index (χ3n) is 5.87. The highest BCUT2D eigenvalue weighted by Crippen LogP contribution is 2.28. The van der Waals surface area contributed by atoms with E-state index in [1.807, 2.05) is 0 Å². The van der Waals surface area contributed by atoms with Crippen LogP contribution in [0.15, 0.2) is 47.4 Å². The molecule has 2 fully saturated rings. The summed E-state index contributed by atoms with van der Waals surface area (Å²) in [6, 6.07) is 10.8. The number of anilines is 1. The van der Waals surface area contributed by atoms with Crippen molar-refractivity contribution in [3.05, 3.63) is 58.9 Å². The zero-order valence-electron chi connectivity index (χ0n) is 17.1. The molecule has 2 saturated heterocycles. The van der Waals surface area contributed by atoms with Gasteiger partial charge < -0.3 is 9.80 Å². The third-order valence-corrected chi connectivity index (χ3v) is 8.25. The number of hydrogen-bond acceptors (Lipinski definition) is 4. The van der Waals surface area contributed by atoms with Crippen LogP contribution < -0.4 is 4.90 Å². The standard InChI is InChI=1S/C22H25ClFN3O3S/c23-20-9-4-17(16-21(20)31(29,30)27-10-2-1-3-11-27)22(28)26-14-12-25(13-15-26)19-7-5-18(24)6-8-19/h4-9,16H,1-3,10-15H2. The maximum atomic E-state index is 13.1. The van der Waals surface area contributed by atoms with E-state index in [1.54, 1.807) is 23.1 Å². The summed E-state index contributed by atoms with van der Waals surface area (Å²) in [5.74, 6) is -0.499. The summed E-state index contributed by atoms with van der Waals surface area (Å²) < 4.78 is 40.7. The van der Waals surface area contributed by atoms with Crippen LogP contribution in [-0.4, -0.2) is 62.8 Å². The number of hydrogen-bond donors (Lipinski definition) is 0. The van der Waals surface area contributed by atoms with Crippen molar-refractivity contribution in [1.29, 1.82) is 0 Å². The average Bonchev–Trinajstić information content (AvgIpc) is 2.80. The van der Waals surface area contributed by atoms with Crippen LogP contribution in [0.4, 0.5) is 10.1 Å². The van der Waals surface area contributed by atoms with Gasteiger partial charge in [-0.25, -0.2) is 12.8 Å². The highest BCUT2D eigenvalue weighted by molar-refractivity contribution is 7.89. The summed E-state index contributed by atoms with van der Waals surface area (Å²) >= 11 is 6.22. The van der Waals surface area contributed by atoms with Gasteiger partial charge in [-0.3, -0.25) is 4.79 Å². The largest absolute Gasteiger partial charge is 0.368 e. The molecule has 2 heterocycles. The molecule has 2 aliphatic rings. The molecule has 0 atom stereocenters. The van der Waals surface area contributed by atoms with Crippen molar-refractivity contribution in [1.82, 2.24) is 9.21 Å². The van der Waals surface area contributed by atoms with Crippen molar-refractivity contribution in [2.24, 2.45) is 0 Å². The summed E-state index contributed by atoms with van der Waals surface area (Å²) in [6.07, 6.45) is 2.67. The fraction of sp³-hybridized carbons (Fsp3) is 0.409. The topological polar surface area (TPSA) is 60.9 Å². The molecular formula is C22H25ClFN3O3S. The second-order valence-electron chi connectivity index (χ2n) is 7.87. The molecule has 31 heavy (non-hydrogen) atoms. The van der Waals surface area contributed by atoms with E-state index in [1.165, 1.54) is 28.6 Å². The van der Waals surface area contributed by atoms with Crippen LogP contribution in [0.1, 0.15) is 29.6 Å². The summed E-state index contributed by atoms with van der Waals surface area (Å²) in [5.41, 5.74) is 1.23. The molecule has 0 spiro atoms. The molecule has 2 aromatic rings. The number of sulfonamides is 1. The normalized spacial score (nSPS) is 18.3. The molecule has 4 rings (SSSR count). The van der Waals surface area contributed by atoms with Crippen LogP contribution in [0.3, 0.4) is 0 Å². The minimum Gasteiger partial charge on any atom is -0.368 e. The van der Waals surface area contributed by atoms with Crippen LogP contribution in [0.2, 0.25) is 5.02 Å². The molecular weight excluding hydrogens is 441 g/mol. The van der Waals surface area contributed by atoms with Crippen molar-refractivity contribution in [2.45, 2.75) is 24.2 Å². The molecule has 0 N–H and O–H groups in total. The predicted octanol–water partition coefficient (Wildman–Crippen LogP) is 3.62. The maximum Gasteiger partial charge on any atom is 0.254 e. The van der Waals surface area contributed by atoms with E-state index in [0.717, 1.165) is 24.9 Å². The molecule has 166 valence electrons. The van der Waals surface area contributed by atoms with E-state index in [0.29, 0.717) is 44.8 Å². The quantitative estimate of drug-likeness (QED) is 0.692. The van der Waals surface area contributed by atoms with Crippen LogP contribution in [0.25, 0.3) is 0 Å². The molecule has 0 aliphatic carbocycles. The van der Waals surface area contributed by atoms with Gasteiger partial charge in [0.25, 0.3) is 5.91 Å². The molecule has 0 unspecified atom stereocenters. The fourth-order valence-corrected chi connectivity index (χ4v) is 6.10. The second-order valence-corrected chi connectivity index (χ2v) is 10.2. The maximum absolute atomic E-state index is 13.1. The Hall–Kier alpha value is -2.16. The predicted molar refractivity (Wildman–Crippen MR) is 119 cm³/mol. The summed E-state index contributed by atoms with van der Waals surface area (Å²) in [7, 11) is -3.74. The van der Waals surface area contributed by atoms with Gasteiger partial charge in [-0.2, -0.15) is 4.31 Å². The second kappa shape index (κ2) is 9.14. The highest BCUT2D eigenvalue weighted by Gasteiger charge is 2.30. The Labute approximate surface area is 187 Å². The van der Waals surface area contributed by atoms with Gasteiger partial charge in [-0.05, 0) is 55.3 Å². The fourth-order valence-electron chi connectivity index (χ4n) is 4.08. The zero-order valence-corrected chi connectivity index (χ0v) is 18.7. The van der Waals surface area contributed by atoms with E-state index in [4.69, 9.17) is 11.6 Å². The van der Waals surface area contributed by atoms with E-state index in [2.05, 4.69) is 4.90 Å². The summed E-state index contributed by atoms with van der Waals surface area (Å²) in [6.45, 7) is 3.16. The Balaban J connectivity index is 1.48. The average molecular weight is 466 g/mol. The van der Waals surface area contributed by atoms with Crippen LogP contribution in [0, 0.1) is 5.82 Å². The van der Waals surface area contributed by atoms with Crippen molar-refractivity contribution < 1.29 is 17.6 Å². The monoisotopic (exact) mass is 465 g/mol. The Morgan fingerprint density at radius 1 is 0.871 bits per heavy atom. The van der Waals surface area contributed by atoms with Gasteiger partial charge >= 0.3 is 0 Å². The van der Waals surface area contributed by atoms with E-state index in [-0.39, 0.29) is 21.6 Å². The lowest BCUT2D eigenvalue weighted by molar-refractivity contribution is 0.0746. The number of halogens is 2. The lowest BCUT2D eigenvalue weighted by atomic mass is 10.1. The van der Waals surface area contributed by atoms with Crippen molar-refractivity contribution >= 4 is 33.2 Å². The molecule has 2 aliphatic heterocycles. The van der Waals surface area contributed by atoms with Gasteiger partial charge in [-0.15, -0.1) is 0 Å². The van der Waals surface area contributed by atoms with Crippen LogP contribution in [0.5, 0.6) is 0 Å². The van der Waals surface area contributed by atoms with Crippen LogP contribution >= 0.6 is 11.6 Å². The van der Waals surface area contributed by atoms with Gasteiger partial charge in [-0.1, -0.05) is 18.0 Å². The molecule has 0 saturated carbocycles. The Morgan fingerprint density at radius 2 is 1.52 bits per heavy atom. The molecule has 6 nitrogen and oxygen atoms in total. The minimum atomic E-state index is -3.74. The van der Waals surface area contributed by atoms with Gasteiger partial charge in [0.2, 0.25) is 10.0 Å². The lowest BCUT2D eigenvalue weighted by Crippen LogP contribution is -2.48. The summed E-state index contributed by atoms with van der Waals surface area (Å²) in [4.78, 5) is 16.9. The Bertz CT molecular complexity index is 1050. The summed E-state index contributed by atoms with van der Waals surface area (Å²) in [5, 5.41) is 0.128. The van der Waals surface area contributed by atoms with Gasteiger partial charge in [0.15, 0.2) is 0 Å². The third kappa shape index (κ3) is 4.71. The number of benzene rings is 2. The SMILES string of the molecule is O=C(c1ccc(Cl)c(S(=O)(=O)N2CCCCC2)c1)N1CCN(c2ccc(F)cc2)CC1. The van der Waals surface area contributed by atoms with Gasteiger partial charge in [0, 0.05) is 50.5 Å². The number of carbonyl (C=O) groups excluding carboxylic acids is 1. The molecule has 0 aromatic heterocycles. The molecule has 1 amide bonds. The number of piperidine rings is 1. The lowest BCUT2D eigenvalue weighted by Gasteiger charge is -2.36. The van der Waals surface area contributed by atoms with Crippen LogP contribution in [-0.2, 0) is 10.0 Å². The Kier molecular flexibility index (Phi) is 6.50. The van der Waals surface area contributed by atoms with E-state index in [9.17, 15) is 17.6 Å². The van der Waals surface area contributed by atoms with E-state index >= 15 is 0 Å². The van der Waals surface area contributed by atoms with Crippen molar-refractivity contribution in [3.8, 4) is 0 Å². The first kappa shape index (κ1) is 22.0. The van der Waals surface area contributed by atoms with Gasteiger partial charge in [0.1, 0.15) is 10.7 Å². The Morgan fingerprint density at radius 3 is 2.16 bits per heavy atom. The number of rotatable bonds is 4.